The van der Waals surface area contributed by atoms with Crippen LogP contribution in [0.1, 0.15) is 24.8 Å². The fourth-order valence-electron chi connectivity index (χ4n) is 7.31. The lowest BCUT2D eigenvalue weighted by molar-refractivity contribution is -0.120. The average molecular weight is 657 g/mol. The summed E-state index contributed by atoms with van der Waals surface area (Å²) >= 11 is 6.63. The molecule has 3 heterocycles. The second-order valence-corrected chi connectivity index (χ2v) is 12.7. The Morgan fingerprint density at radius 2 is 2.04 bits per heavy atom. The number of piperazine rings is 1. The minimum Gasteiger partial charge on any atom is -0.476 e. The third-order valence-corrected chi connectivity index (χ3v) is 9.82. The second-order valence-electron chi connectivity index (χ2n) is 12.3. The van der Waals surface area contributed by atoms with Crippen LogP contribution in [0, 0.1) is 28.6 Å². The van der Waals surface area contributed by atoms with E-state index in [1.54, 1.807) is 12.1 Å². The quantitative estimate of drug-likeness (QED) is 0.365. The molecule has 242 valence electrons. The van der Waals surface area contributed by atoms with Gasteiger partial charge in [0.05, 0.1) is 25.0 Å². The summed E-state index contributed by atoms with van der Waals surface area (Å²) in [5.41, 5.74) is 1.94. The summed E-state index contributed by atoms with van der Waals surface area (Å²) in [6.45, 7) is 4.88. The zero-order chi connectivity index (χ0) is 33.2. The smallest absolute Gasteiger partial charge is 0.215 e. The van der Waals surface area contributed by atoms with Gasteiger partial charge >= 0.3 is 0 Å². The molecular weight excluding hydrogens is 622 g/mol. The molecule has 6 atom stereocenters. The number of dihydropyridines is 1. The van der Waals surface area contributed by atoms with Crippen LogP contribution in [-0.4, -0.2) is 85.1 Å². The van der Waals surface area contributed by atoms with Crippen molar-refractivity contribution in [2.24, 2.45) is 10.9 Å². The topological polar surface area (TPSA) is 105 Å². The number of likely N-dealkylation sites (tertiary alicyclic amines) is 1. The molecule has 0 aromatic heterocycles. The van der Waals surface area contributed by atoms with Crippen molar-refractivity contribution in [3.8, 4) is 12.1 Å². The SMILES string of the molecule is C=CC(=O)[C@@H]1C(CC#N)NCCN1C1=C(CC#N)C(OC[C@@H]2C[C@@H](F)CN2C)=NC2C(F)=C(c3cccc4cccc(Cl)c34)C=CC12. The van der Waals surface area contributed by atoms with Gasteiger partial charge in [0, 0.05) is 64.9 Å². The molecule has 1 aliphatic carbocycles. The van der Waals surface area contributed by atoms with Crippen LogP contribution < -0.4 is 5.32 Å². The molecule has 0 saturated carbocycles. The number of nitriles is 2. The summed E-state index contributed by atoms with van der Waals surface area (Å²) in [6.07, 6.45) is 4.05. The highest BCUT2D eigenvalue weighted by Gasteiger charge is 2.46. The molecule has 2 aromatic carbocycles. The number of carbonyl (C=O) groups is 1. The predicted octanol–water partition coefficient (Wildman–Crippen LogP) is 5.68. The predicted molar refractivity (Wildman–Crippen MR) is 178 cm³/mol. The lowest BCUT2D eigenvalue weighted by Crippen LogP contribution is -2.61. The highest BCUT2D eigenvalue weighted by Crippen LogP contribution is 2.45. The van der Waals surface area contributed by atoms with Crippen LogP contribution in [0.15, 0.2) is 83.3 Å². The largest absolute Gasteiger partial charge is 0.476 e. The fraction of sp³-hybridized carbons (Fsp3) is 0.389. The highest BCUT2D eigenvalue weighted by atomic mass is 35.5. The van der Waals surface area contributed by atoms with Crippen LogP contribution in [0.5, 0.6) is 0 Å². The monoisotopic (exact) mass is 656 g/mol. The van der Waals surface area contributed by atoms with Gasteiger partial charge in [-0.3, -0.25) is 9.69 Å². The Morgan fingerprint density at radius 3 is 2.74 bits per heavy atom. The maximum atomic E-state index is 17.0. The number of ketones is 1. The number of hydrogen-bond acceptors (Lipinski definition) is 8. The maximum absolute atomic E-state index is 17.0. The van der Waals surface area contributed by atoms with Crippen LogP contribution in [0.2, 0.25) is 5.02 Å². The van der Waals surface area contributed by atoms with E-state index in [2.05, 4.69) is 24.0 Å². The van der Waals surface area contributed by atoms with Gasteiger partial charge in [-0.2, -0.15) is 10.5 Å². The molecule has 0 spiro atoms. The Bertz CT molecular complexity index is 1800. The van der Waals surface area contributed by atoms with E-state index < -0.39 is 36.0 Å². The molecule has 3 unspecified atom stereocenters. The Hall–Kier alpha value is -4.35. The van der Waals surface area contributed by atoms with E-state index in [4.69, 9.17) is 21.3 Å². The van der Waals surface area contributed by atoms with Gasteiger partial charge in [-0.25, -0.2) is 13.8 Å². The number of fused-ring (bicyclic) bond motifs is 2. The highest BCUT2D eigenvalue weighted by molar-refractivity contribution is 6.36. The fourth-order valence-corrected chi connectivity index (χ4v) is 7.60. The van der Waals surface area contributed by atoms with Crippen LogP contribution >= 0.6 is 11.6 Å². The Balaban J connectivity index is 1.50. The van der Waals surface area contributed by atoms with Crippen molar-refractivity contribution in [1.82, 2.24) is 15.1 Å². The standard InChI is InChI=1S/C36H35ClF2N6O2/c1-3-30(46)35-29(13-15-41)42-16-17-45(35)34-26-11-10-25(24-8-4-6-21-7-5-9-28(37)31(21)24)32(39)33(26)43-36(27(34)12-14-40)47-20-23-18-22(38)19-44(23)2/h3-11,22-23,26,29,33,35,42H,1,12-13,16-20H2,2H3/t22-,23+,26?,29?,33?,35+/m1/s1. The maximum Gasteiger partial charge on any atom is 0.215 e. The Kier molecular flexibility index (Phi) is 9.56. The molecule has 6 rings (SSSR count). The van der Waals surface area contributed by atoms with E-state index in [0.717, 1.165) is 5.39 Å². The number of carbonyl (C=O) groups excluding carboxylic acids is 1. The number of rotatable bonds is 8. The summed E-state index contributed by atoms with van der Waals surface area (Å²) in [5, 5.41) is 24.9. The Morgan fingerprint density at radius 1 is 1.26 bits per heavy atom. The van der Waals surface area contributed by atoms with E-state index in [1.165, 1.54) is 6.08 Å². The molecule has 47 heavy (non-hydrogen) atoms. The summed E-state index contributed by atoms with van der Waals surface area (Å²) < 4.78 is 37.6. The van der Waals surface area contributed by atoms with E-state index in [0.29, 0.717) is 45.9 Å². The molecule has 8 nitrogen and oxygen atoms in total. The first-order valence-corrected chi connectivity index (χ1v) is 16.1. The third kappa shape index (κ3) is 6.09. The molecule has 2 fully saturated rings. The lowest BCUT2D eigenvalue weighted by Gasteiger charge is -2.47. The third-order valence-electron chi connectivity index (χ3n) is 9.51. The van der Waals surface area contributed by atoms with Crippen molar-refractivity contribution in [3.05, 3.63) is 88.9 Å². The number of nitrogens with zero attached hydrogens (tertiary/aromatic N) is 5. The normalized spacial score (nSPS) is 27.7. The van der Waals surface area contributed by atoms with Crippen molar-refractivity contribution in [1.29, 1.82) is 10.5 Å². The number of aliphatic imine (C=N–C) groups is 1. The lowest BCUT2D eigenvalue weighted by atomic mass is 9.80. The number of likely N-dealkylation sites (N-methyl/N-ethyl adjacent to an activating group) is 1. The van der Waals surface area contributed by atoms with Crippen molar-refractivity contribution in [3.63, 3.8) is 0 Å². The second kappa shape index (κ2) is 13.8. The Labute approximate surface area is 277 Å². The van der Waals surface area contributed by atoms with Gasteiger partial charge in [0.25, 0.3) is 0 Å². The molecule has 11 heteroatoms. The van der Waals surface area contributed by atoms with Crippen LogP contribution in [-0.2, 0) is 9.53 Å². The number of alkyl halides is 1. The number of benzene rings is 2. The van der Waals surface area contributed by atoms with E-state index in [1.807, 2.05) is 53.3 Å². The van der Waals surface area contributed by atoms with Gasteiger partial charge in [0.1, 0.15) is 30.7 Å². The molecule has 0 radical (unpaired) electrons. The van der Waals surface area contributed by atoms with Crippen molar-refractivity contribution in [2.45, 2.75) is 49.6 Å². The van der Waals surface area contributed by atoms with E-state index in [9.17, 15) is 19.7 Å². The van der Waals surface area contributed by atoms with Gasteiger partial charge in [-0.15, -0.1) is 0 Å². The summed E-state index contributed by atoms with van der Waals surface area (Å²) in [7, 11) is 1.82. The van der Waals surface area contributed by atoms with Gasteiger partial charge in [0.15, 0.2) is 5.78 Å². The number of nitrogens with one attached hydrogen (secondary N) is 1. The minimum absolute atomic E-state index is 0.0572. The van der Waals surface area contributed by atoms with Gasteiger partial charge in [-0.1, -0.05) is 60.7 Å². The summed E-state index contributed by atoms with van der Waals surface area (Å²) in [6, 6.07) is 12.8. The molecule has 4 aliphatic rings. The van der Waals surface area contributed by atoms with Crippen molar-refractivity contribution < 1.29 is 18.3 Å². The van der Waals surface area contributed by atoms with E-state index in [-0.39, 0.29) is 50.1 Å². The molecule has 3 aliphatic heterocycles. The molecule has 2 aromatic rings. The minimum atomic E-state index is -1.07. The first kappa shape index (κ1) is 32.6. The van der Waals surface area contributed by atoms with Crippen molar-refractivity contribution in [2.75, 3.05) is 33.3 Å². The first-order valence-electron chi connectivity index (χ1n) is 15.7. The molecular formula is C36H35ClF2N6O2. The summed E-state index contributed by atoms with van der Waals surface area (Å²) in [5.74, 6) is -1.38. The first-order chi connectivity index (χ1) is 22.8. The molecule has 0 amide bonds. The van der Waals surface area contributed by atoms with Gasteiger partial charge in [-0.05, 0) is 36.6 Å². The number of halogens is 3. The number of allylic oxidation sites excluding steroid dienone is 2. The average Bonchev–Trinajstić information content (AvgIpc) is 3.40. The molecule has 2 saturated heterocycles. The summed E-state index contributed by atoms with van der Waals surface area (Å²) in [4.78, 5) is 22.0. The van der Waals surface area contributed by atoms with E-state index >= 15 is 4.39 Å². The number of hydrogen-bond donors (Lipinski definition) is 1. The molecule has 0 bridgehead atoms. The zero-order valence-corrected chi connectivity index (χ0v) is 26.8. The van der Waals surface area contributed by atoms with Gasteiger partial charge in [0.2, 0.25) is 5.90 Å². The van der Waals surface area contributed by atoms with Crippen LogP contribution in [0.3, 0.4) is 0 Å². The van der Waals surface area contributed by atoms with Gasteiger partial charge < -0.3 is 15.0 Å². The van der Waals surface area contributed by atoms with Crippen LogP contribution in [0.25, 0.3) is 16.3 Å². The number of ether oxygens (including phenoxy) is 1. The van der Waals surface area contributed by atoms with Crippen molar-refractivity contribution >= 4 is 39.6 Å². The zero-order valence-electron chi connectivity index (χ0n) is 26.0. The molecule has 1 N–H and O–H groups in total. The van der Waals surface area contributed by atoms with Crippen LogP contribution in [0.4, 0.5) is 8.78 Å².